The Balaban J connectivity index is 1.40. The Morgan fingerprint density at radius 2 is 1.93 bits per heavy atom. The number of hydrogen-bond donors (Lipinski definition) is 0. The summed E-state index contributed by atoms with van der Waals surface area (Å²) >= 11 is 0. The van der Waals surface area contributed by atoms with Crippen molar-refractivity contribution in [3.05, 3.63) is 64.8 Å². The molecule has 0 radical (unpaired) electrons. The maximum absolute atomic E-state index is 12.3. The zero-order valence-corrected chi connectivity index (χ0v) is 17.2. The van der Waals surface area contributed by atoms with Gasteiger partial charge in [0.1, 0.15) is 0 Å². The van der Waals surface area contributed by atoms with Gasteiger partial charge in [-0.15, -0.1) is 10.2 Å². The Bertz CT molecular complexity index is 1060. The summed E-state index contributed by atoms with van der Waals surface area (Å²) in [5.74, 6) is 0.240. The van der Waals surface area contributed by atoms with Gasteiger partial charge in [-0.2, -0.15) is 0 Å². The molecule has 1 atom stereocenters. The molecule has 1 fully saturated rings. The molecule has 29 heavy (non-hydrogen) atoms. The van der Waals surface area contributed by atoms with Gasteiger partial charge in [0.2, 0.25) is 5.89 Å². The highest BCUT2D eigenvalue weighted by Gasteiger charge is 2.26. The van der Waals surface area contributed by atoms with Gasteiger partial charge >= 0.3 is 5.97 Å². The van der Waals surface area contributed by atoms with E-state index in [1.165, 1.54) is 30.3 Å². The van der Waals surface area contributed by atoms with Crippen LogP contribution in [0.4, 0.5) is 0 Å². The molecule has 3 aromatic rings. The molecule has 0 unspecified atom stereocenters. The summed E-state index contributed by atoms with van der Waals surface area (Å²) in [6.07, 6.45) is 5.09. The average molecular weight is 391 g/mol. The lowest BCUT2D eigenvalue weighted by Crippen LogP contribution is -2.06. The second-order valence-electron chi connectivity index (χ2n) is 7.65. The number of carbonyl (C=O) groups is 1. The molecular weight excluding hydrogens is 366 g/mol. The second kappa shape index (κ2) is 7.70. The van der Waals surface area contributed by atoms with Crippen LogP contribution in [-0.4, -0.2) is 20.7 Å². The first-order valence-corrected chi connectivity index (χ1v) is 9.90. The number of benzene rings is 1. The van der Waals surface area contributed by atoms with Crippen molar-refractivity contribution in [2.24, 2.45) is 0 Å². The molecule has 1 aliphatic rings. The van der Waals surface area contributed by atoms with E-state index < -0.39 is 12.1 Å². The molecule has 2 heterocycles. The maximum Gasteiger partial charge on any atom is 0.331 e. The molecule has 0 bridgehead atoms. The number of esters is 1. The van der Waals surface area contributed by atoms with Crippen molar-refractivity contribution in [3.63, 3.8) is 0 Å². The third-order valence-corrected chi connectivity index (χ3v) is 5.21. The van der Waals surface area contributed by atoms with Gasteiger partial charge in [0.25, 0.3) is 5.89 Å². The molecule has 6 nitrogen and oxygen atoms in total. The summed E-state index contributed by atoms with van der Waals surface area (Å²) in [5, 5.41) is 8.08. The molecule has 4 rings (SSSR count). The molecule has 150 valence electrons. The summed E-state index contributed by atoms with van der Waals surface area (Å²) in [4.78, 5) is 12.3. The molecule has 1 aliphatic carbocycles. The quantitative estimate of drug-likeness (QED) is 0.431. The predicted octanol–water partition coefficient (Wildman–Crippen LogP) is 5.12. The largest absolute Gasteiger partial charge is 0.449 e. The van der Waals surface area contributed by atoms with Gasteiger partial charge in [-0.05, 0) is 70.4 Å². The van der Waals surface area contributed by atoms with Gasteiger partial charge in [-0.1, -0.05) is 17.7 Å². The SMILES string of the molecule is Cc1ccc(-c2nnc([C@@H](C)OC(=O)/C=C/c3cc(C)n(C4CC4)c3C)o2)cc1. The van der Waals surface area contributed by atoms with Crippen LogP contribution in [-0.2, 0) is 9.53 Å². The Labute approximate surface area is 170 Å². The summed E-state index contributed by atoms with van der Waals surface area (Å²) in [6, 6.07) is 10.5. The van der Waals surface area contributed by atoms with Crippen molar-refractivity contribution in [3.8, 4) is 11.5 Å². The van der Waals surface area contributed by atoms with Crippen LogP contribution in [0.15, 0.2) is 40.8 Å². The first-order chi connectivity index (χ1) is 13.9. The van der Waals surface area contributed by atoms with Gasteiger partial charge in [0.05, 0.1) is 0 Å². The number of nitrogens with zero attached hydrogens (tertiary/aromatic N) is 3. The summed E-state index contributed by atoms with van der Waals surface area (Å²) in [5.41, 5.74) is 5.43. The minimum Gasteiger partial charge on any atom is -0.449 e. The van der Waals surface area contributed by atoms with Crippen molar-refractivity contribution in [1.29, 1.82) is 0 Å². The normalized spacial score (nSPS) is 15.0. The number of aryl methyl sites for hydroxylation is 2. The Morgan fingerprint density at radius 3 is 2.62 bits per heavy atom. The van der Waals surface area contributed by atoms with Crippen LogP contribution in [0, 0.1) is 20.8 Å². The lowest BCUT2D eigenvalue weighted by molar-refractivity contribution is -0.143. The fourth-order valence-corrected chi connectivity index (χ4v) is 3.50. The smallest absolute Gasteiger partial charge is 0.331 e. The second-order valence-corrected chi connectivity index (χ2v) is 7.65. The van der Waals surface area contributed by atoms with E-state index in [4.69, 9.17) is 9.15 Å². The molecular formula is C23H25N3O3. The third-order valence-electron chi connectivity index (χ3n) is 5.21. The van der Waals surface area contributed by atoms with Crippen molar-refractivity contribution in [1.82, 2.24) is 14.8 Å². The lowest BCUT2D eigenvalue weighted by atomic mass is 10.1. The van der Waals surface area contributed by atoms with Gasteiger partial charge < -0.3 is 13.7 Å². The fraction of sp³-hybridized carbons (Fsp3) is 0.348. The number of aromatic nitrogens is 3. The zero-order valence-electron chi connectivity index (χ0n) is 17.2. The molecule has 0 saturated heterocycles. The average Bonchev–Trinajstić information content (AvgIpc) is 3.31. The molecule has 0 spiro atoms. The number of ether oxygens (including phenoxy) is 1. The van der Waals surface area contributed by atoms with E-state index in [1.54, 1.807) is 6.92 Å². The van der Waals surface area contributed by atoms with Crippen molar-refractivity contribution in [2.75, 3.05) is 0 Å². The lowest BCUT2D eigenvalue weighted by Gasteiger charge is -2.07. The van der Waals surface area contributed by atoms with Gasteiger partial charge in [0.15, 0.2) is 6.10 Å². The monoisotopic (exact) mass is 391 g/mol. The summed E-state index contributed by atoms with van der Waals surface area (Å²) in [6.45, 7) is 7.92. The minimum absolute atomic E-state index is 0.272. The van der Waals surface area contributed by atoms with E-state index in [9.17, 15) is 4.79 Å². The first-order valence-electron chi connectivity index (χ1n) is 9.90. The van der Waals surface area contributed by atoms with Crippen molar-refractivity contribution < 1.29 is 13.9 Å². The standard InChI is InChI=1S/C23H25N3O3/c1-14-5-7-18(8-6-14)23-25-24-22(29-23)17(4)28-21(27)12-9-19-13-15(2)26(16(19)3)20-10-11-20/h5-9,12-13,17,20H,10-11H2,1-4H3/b12-9+/t17-/m1/s1. The maximum atomic E-state index is 12.3. The Hall–Kier alpha value is -3.15. The Morgan fingerprint density at radius 1 is 1.21 bits per heavy atom. The molecule has 0 aliphatic heterocycles. The van der Waals surface area contributed by atoms with Gasteiger partial charge in [-0.3, -0.25) is 0 Å². The highest BCUT2D eigenvalue weighted by molar-refractivity contribution is 5.87. The van der Waals surface area contributed by atoms with Crippen LogP contribution < -0.4 is 0 Å². The number of carbonyl (C=O) groups excluding carboxylic acids is 1. The fourth-order valence-electron chi connectivity index (χ4n) is 3.50. The van der Waals surface area contributed by atoms with Crippen LogP contribution in [0.3, 0.4) is 0 Å². The minimum atomic E-state index is -0.627. The van der Waals surface area contributed by atoms with Crippen LogP contribution in [0.25, 0.3) is 17.5 Å². The van der Waals surface area contributed by atoms with Crippen LogP contribution in [0.1, 0.15) is 60.3 Å². The van der Waals surface area contributed by atoms with E-state index in [2.05, 4.69) is 34.7 Å². The topological polar surface area (TPSA) is 70.2 Å². The van der Waals surface area contributed by atoms with E-state index >= 15 is 0 Å². The van der Waals surface area contributed by atoms with E-state index in [0.717, 1.165) is 16.7 Å². The highest BCUT2D eigenvalue weighted by atomic mass is 16.6. The van der Waals surface area contributed by atoms with E-state index in [0.29, 0.717) is 11.9 Å². The summed E-state index contributed by atoms with van der Waals surface area (Å²) < 4.78 is 13.5. The molecule has 2 aromatic heterocycles. The van der Waals surface area contributed by atoms with Crippen LogP contribution in [0.2, 0.25) is 0 Å². The van der Waals surface area contributed by atoms with E-state index in [-0.39, 0.29) is 5.89 Å². The van der Waals surface area contributed by atoms with Crippen molar-refractivity contribution in [2.45, 2.75) is 52.7 Å². The molecule has 1 saturated carbocycles. The van der Waals surface area contributed by atoms with Gasteiger partial charge in [0, 0.05) is 29.1 Å². The van der Waals surface area contributed by atoms with Gasteiger partial charge in [-0.25, -0.2) is 4.79 Å². The number of hydrogen-bond acceptors (Lipinski definition) is 5. The first kappa shape index (κ1) is 19.2. The summed E-state index contributed by atoms with van der Waals surface area (Å²) in [7, 11) is 0. The van der Waals surface area contributed by atoms with Crippen LogP contribution in [0.5, 0.6) is 0 Å². The zero-order chi connectivity index (χ0) is 20.5. The predicted molar refractivity (Wildman–Crippen MR) is 110 cm³/mol. The molecule has 6 heteroatoms. The molecule has 0 N–H and O–H groups in total. The van der Waals surface area contributed by atoms with Crippen LogP contribution >= 0.6 is 0 Å². The third kappa shape index (κ3) is 4.16. The Kier molecular flexibility index (Phi) is 5.09. The molecule has 0 amide bonds. The molecule has 1 aromatic carbocycles. The number of rotatable bonds is 6. The highest BCUT2D eigenvalue weighted by Crippen LogP contribution is 2.38. The van der Waals surface area contributed by atoms with E-state index in [1.807, 2.05) is 37.3 Å². The van der Waals surface area contributed by atoms with Crippen molar-refractivity contribution >= 4 is 12.0 Å².